The maximum absolute atomic E-state index is 6.37. The molecule has 1 heterocycles. The van der Waals surface area contributed by atoms with Gasteiger partial charge in [0.25, 0.3) is 0 Å². The molecular weight excluding hydrogens is 288 g/mol. The minimum absolute atomic E-state index is 0.135. The van der Waals surface area contributed by atoms with Crippen molar-refractivity contribution in [2.75, 3.05) is 0 Å². The summed E-state index contributed by atoms with van der Waals surface area (Å²) in [6.45, 7) is 2.02. The number of benzene rings is 2. The Labute approximate surface area is 135 Å². The molecule has 0 spiro atoms. The summed E-state index contributed by atoms with van der Waals surface area (Å²) < 4.78 is 0. The molecule has 3 aromatic rings. The normalized spacial score (nSPS) is 12.1. The highest BCUT2D eigenvalue weighted by Crippen LogP contribution is 2.28. The third kappa shape index (κ3) is 3.38. The standard InChI is InChI=1S/C19H18N2S/c1-14-17(19(20)15-8-4-2-5-9-15)12-13-18(21-14)22-16-10-6-3-7-11-16/h2-13,19H,20H2,1H3. The molecule has 22 heavy (non-hydrogen) atoms. The average Bonchev–Trinajstić information content (AvgIpc) is 2.56. The molecule has 0 radical (unpaired) electrons. The quantitative estimate of drug-likeness (QED) is 0.766. The predicted molar refractivity (Wildman–Crippen MR) is 92.0 cm³/mol. The molecule has 0 bridgehead atoms. The topological polar surface area (TPSA) is 38.9 Å². The lowest BCUT2D eigenvalue weighted by Crippen LogP contribution is -2.13. The van der Waals surface area contributed by atoms with Crippen LogP contribution in [0.4, 0.5) is 0 Å². The summed E-state index contributed by atoms with van der Waals surface area (Å²) in [5, 5.41) is 0.993. The largest absolute Gasteiger partial charge is 0.320 e. The highest BCUT2D eigenvalue weighted by molar-refractivity contribution is 7.99. The van der Waals surface area contributed by atoms with E-state index < -0.39 is 0 Å². The van der Waals surface area contributed by atoms with Crippen LogP contribution >= 0.6 is 11.8 Å². The van der Waals surface area contributed by atoms with Crippen molar-refractivity contribution >= 4 is 11.8 Å². The fourth-order valence-corrected chi connectivity index (χ4v) is 3.24. The van der Waals surface area contributed by atoms with Gasteiger partial charge >= 0.3 is 0 Å². The van der Waals surface area contributed by atoms with Gasteiger partial charge in [-0.05, 0) is 36.2 Å². The van der Waals surface area contributed by atoms with Crippen molar-refractivity contribution < 1.29 is 0 Å². The van der Waals surface area contributed by atoms with Crippen LogP contribution in [0.1, 0.15) is 22.9 Å². The third-order valence-electron chi connectivity index (χ3n) is 3.56. The first-order valence-corrected chi connectivity index (χ1v) is 8.06. The highest BCUT2D eigenvalue weighted by atomic mass is 32.2. The maximum atomic E-state index is 6.37. The first kappa shape index (κ1) is 14.8. The van der Waals surface area contributed by atoms with Crippen LogP contribution in [0.15, 0.2) is 82.7 Å². The van der Waals surface area contributed by atoms with E-state index >= 15 is 0 Å². The second-order valence-corrected chi connectivity index (χ2v) is 6.22. The molecule has 110 valence electrons. The Hall–Kier alpha value is -2.10. The van der Waals surface area contributed by atoms with Crippen LogP contribution < -0.4 is 5.73 Å². The predicted octanol–water partition coefficient (Wildman–Crippen LogP) is 4.59. The molecule has 0 aliphatic carbocycles. The van der Waals surface area contributed by atoms with E-state index in [-0.39, 0.29) is 6.04 Å². The lowest BCUT2D eigenvalue weighted by Gasteiger charge is -2.15. The van der Waals surface area contributed by atoms with Crippen molar-refractivity contribution in [1.29, 1.82) is 0 Å². The Morgan fingerprint density at radius 2 is 1.50 bits per heavy atom. The van der Waals surface area contributed by atoms with Crippen molar-refractivity contribution in [3.8, 4) is 0 Å². The van der Waals surface area contributed by atoms with Crippen LogP contribution in [-0.2, 0) is 0 Å². The van der Waals surface area contributed by atoms with Crippen molar-refractivity contribution in [1.82, 2.24) is 4.98 Å². The molecule has 0 fully saturated rings. The Morgan fingerprint density at radius 1 is 0.864 bits per heavy atom. The lowest BCUT2D eigenvalue weighted by molar-refractivity contribution is 0.837. The van der Waals surface area contributed by atoms with Gasteiger partial charge in [-0.3, -0.25) is 0 Å². The number of hydrogen-bond acceptors (Lipinski definition) is 3. The molecule has 2 N–H and O–H groups in total. The molecule has 0 amide bonds. The highest BCUT2D eigenvalue weighted by Gasteiger charge is 2.12. The summed E-state index contributed by atoms with van der Waals surface area (Å²) in [7, 11) is 0. The van der Waals surface area contributed by atoms with Crippen molar-refractivity contribution in [3.05, 3.63) is 89.6 Å². The fraction of sp³-hybridized carbons (Fsp3) is 0.105. The Balaban J connectivity index is 1.83. The summed E-state index contributed by atoms with van der Waals surface area (Å²) >= 11 is 1.67. The zero-order valence-electron chi connectivity index (χ0n) is 12.4. The van der Waals surface area contributed by atoms with Crippen LogP contribution in [-0.4, -0.2) is 4.98 Å². The van der Waals surface area contributed by atoms with E-state index in [0.717, 1.165) is 21.8 Å². The number of aromatic nitrogens is 1. The van der Waals surface area contributed by atoms with E-state index in [1.54, 1.807) is 11.8 Å². The van der Waals surface area contributed by atoms with Gasteiger partial charge in [-0.2, -0.15) is 0 Å². The minimum Gasteiger partial charge on any atom is -0.320 e. The van der Waals surface area contributed by atoms with Gasteiger partial charge in [0.15, 0.2) is 0 Å². The molecule has 0 saturated carbocycles. The molecule has 1 aromatic heterocycles. The first-order valence-electron chi connectivity index (χ1n) is 7.25. The first-order chi connectivity index (χ1) is 10.7. The van der Waals surface area contributed by atoms with E-state index in [0.29, 0.717) is 0 Å². The molecule has 3 heteroatoms. The van der Waals surface area contributed by atoms with Crippen LogP contribution in [0.3, 0.4) is 0 Å². The summed E-state index contributed by atoms with van der Waals surface area (Å²) in [4.78, 5) is 5.89. The molecule has 1 atom stereocenters. The summed E-state index contributed by atoms with van der Waals surface area (Å²) in [6, 6.07) is 24.4. The Morgan fingerprint density at radius 3 is 2.14 bits per heavy atom. The molecule has 0 aliphatic heterocycles. The van der Waals surface area contributed by atoms with Gasteiger partial charge in [-0.15, -0.1) is 0 Å². The van der Waals surface area contributed by atoms with E-state index in [2.05, 4.69) is 30.3 Å². The third-order valence-corrected chi connectivity index (χ3v) is 4.50. The van der Waals surface area contributed by atoms with Gasteiger partial charge in [-0.1, -0.05) is 66.4 Å². The van der Waals surface area contributed by atoms with Gasteiger partial charge in [0.05, 0.1) is 6.04 Å². The fourth-order valence-electron chi connectivity index (χ4n) is 2.38. The lowest BCUT2D eigenvalue weighted by atomic mass is 9.99. The summed E-state index contributed by atoms with van der Waals surface area (Å²) in [5.74, 6) is 0. The zero-order chi connectivity index (χ0) is 15.4. The van der Waals surface area contributed by atoms with Gasteiger partial charge < -0.3 is 5.73 Å². The van der Waals surface area contributed by atoms with Crippen molar-refractivity contribution in [2.45, 2.75) is 22.9 Å². The number of rotatable bonds is 4. The number of hydrogen-bond donors (Lipinski definition) is 1. The van der Waals surface area contributed by atoms with Gasteiger partial charge in [0.1, 0.15) is 5.03 Å². The number of nitrogens with zero attached hydrogens (tertiary/aromatic N) is 1. The molecule has 3 rings (SSSR count). The van der Waals surface area contributed by atoms with Crippen LogP contribution in [0.5, 0.6) is 0 Å². The molecule has 2 nitrogen and oxygen atoms in total. The number of aryl methyl sites for hydroxylation is 1. The molecule has 0 saturated heterocycles. The number of nitrogens with two attached hydrogens (primary N) is 1. The van der Waals surface area contributed by atoms with Crippen LogP contribution in [0.2, 0.25) is 0 Å². The summed E-state index contributed by atoms with van der Waals surface area (Å²) in [5.41, 5.74) is 9.54. The van der Waals surface area contributed by atoms with E-state index in [1.807, 2.05) is 49.4 Å². The molecular formula is C19H18N2S. The van der Waals surface area contributed by atoms with Gasteiger partial charge in [0, 0.05) is 10.6 Å². The summed E-state index contributed by atoms with van der Waals surface area (Å²) in [6.07, 6.45) is 0. The Bertz CT molecular complexity index is 742. The molecule has 0 aliphatic rings. The zero-order valence-corrected chi connectivity index (χ0v) is 13.3. The molecule has 1 unspecified atom stereocenters. The second-order valence-electron chi connectivity index (χ2n) is 5.13. The Kier molecular flexibility index (Phi) is 4.56. The van der Waals surface area contributed by atoms with E-state index in [1.165, 1.54) is 4.90 Å². The van der Waals surface area contributed by atoms with Crippen molar-refractivity contribution in [3.63, 3.8) is 0 Å². The SMILES string of the molecule is Cc1nc(Sc2ccccc2)ccc1C(N)c1ccccc1. The van der Waals surface area contributed by atoms with Crippen LogP contribution in [0, 0.1) is 6.92 Å². The molecule has 2 aromatic carbocycles. The smallest absolute Gasteiger partial charge is 0.101 e. The monoisotopic (exact) mass is 306 g/mol. The van der Waals surface area contributed by atoms with Gasteiger partial charge in [-0.25, -0.2) is 4.98 Å². The van der Waals surface area contributed by atoms with E-state index in [4.69, 9.17) is 10.7 Å². The van der Waals surface area contributed by atoms with Gasteiger partial charge in [0.2, 0.25) is 0 Å². The number of pyridine rings is 1. The maximum Gasteiger partial charge on any atom is 0.101 e. The average molecular weight is 306 g/mol. The van der Waals surface area contributed by atoms with E-state index in [9.17, 15) is 0 Å². The van der Waals surface area contributed by atoms with Crippen LogP contribution in [0.25, 0.3) is 0 Å². The minimum atomic E-state index is -0.135. The second kappa shape index (κ2) is 6.77. The van der Waals surface area contributed by atoms with Crippen molar-refractivity contribution in [2.24, 2.45) is 5.73 Å².